The highest BCUT2D eigenvalue weighted by atomic mass is 35.5. The van der Waals surface area contributed by atoms with Crippen molar-refractivity contribution in [3.63, 3.8) is 0 Å². The van der Waals surface area contributed by atoms with Crippen molar-refractivity contribution in [3.05, 3.63) is 22.7 Å². The Morgan fingerprint density at radius 3 is 2.80 bits per heavy atom. The normalized spacial score (nSPS) is 23.0. The number of nitrogens with one attached hydrogen (secondary N) is 1. The van der Waals surface area contributed by atoms with Gasteiger partial charge in [0.05, 0.1) is 10.6 Å². The zero-order chi connectivity index (χ0) is 18.0. The molecule has 0 spiro atoms. The van der Waals surface area contributed by atoms with Crippen molar-refractivity contribution in [1.29, 1.82) is 0 Å². The third-order valence-corrected chi connectivity index (χ3v) is 5.04. The lowest BCUT2D eigenvalue weighted by molar-refractivity contribution is -0.130. The number of benzene rings is 1. The summed E-state index contributed by atoms with van der Waals surface area (Å²) in [5.74, 6) is 0.342. The van der Waals surface area contributed by atoms with Crippen LogP contribution in [0.3, 0.4) is 0 Å². The summed E-state index contributed by atoms with van der Waals surface area (Å²) in [6, 6.07) is 3.10. The summed E-state index contributed by atoms with van der Waals surface area (Å²) in [4.78, 5) is 24.6. The average Bonchev–Trinajstić information content (AvgIpc) is 3.06. The van der Waals surface area contributed by atoms with Gasteiger partial charge >= 0.3 is 5.97 Å². The number of carbonyl (C=O) groups is 2. The molecular weight excluding hydrogens is 346 g/mol. The van der Waals surface area contributed by atoms with Gasteiger partial charge in [-0.2, -0.15) is 0 Å². The number of carbonyl (C=O) groups excluding carboxylic acids is 2. The molecule has 1 fully saturated rings. The van der Waals surface area contributed by atoms with Gasteiger partial charge < -0.3 is 19.5 Å². The fourth-order valence-corrected chi connectivity index (χ4v) is 3.46. The highest BCUT2D eigenvalue weighted by Crippen LogP contribution is 2.40. The first kappa shape index (κ1) is 17.9. The van der Waals surface area contributed by atoms with Crippen LogP contribution in [0.5, 0.6) is 11.5 Å². The number of fused-ring (bicyclic) bond motifs is 1. The molecule has 1 saturated carbocycles. The summed E-state index contributed by atoms with van der Waals surface area (Å²) in [5.41, 5.74) is 0.222. The SMILES string of the molecule is C[C@H](OC(=O)c1cc(Cl)c2c(c1)OCO2)C(=O)N[C@H]1CCCC[C@@H]1C. The van der Waals surface area contributed by atoms with E-state index in [-0.39, 0.29) is 29.3 Å². The lowest BCUT2D eigenvalue weighted by atomic mass is 9.86. The molecule has 1 aromatic carbocycles. The van der Waals surface area contributed by atoms with Crippen LogP contribution in [0.2, 0.25) is 5.02 Å². The van der Waals surface area contributed by atoms with Crippen molar-refractivity contribution >= 4 is 23.5 Å². The Morgan fingerprint density at radius 1 is 1.28 bits per heavy atom. The van der Waals surface area contributed by atoms with Crippen LogP contribution in [0.1, 0.15) is 49.9 Å². The van der Waals surface area contributed by atoms with Gasteiger partial charge in [0.15, 0.2) is 17.6 Å². The quantitative estimate of drug-likeness (QED) is 0.826. The number of amides is 1. The lowest BCUT2D eigenvalue weighted by Gasteiger charge is -2.30. The fraction of sp³-hybridized carbons (Fsp3) is 0.556. The molecule has 1 aliphatic heterocycles. The third-order valence-electron chi connectivity index (χ3n) is 4.76. The van der Waals surface area contributed by atoms with Crippen LogP contribution in [0.15, 0.2) is 12.1 Å². The Bertz CT molecular complexity index is 678. The van der Waals surface area contributed by atoms with E-state index in [0.29, 0.717) is 17.4 Å². The van der Waals surface area contributed by atoms with Crippen molar-refractivity contribution in [2.45, 2.75) is 51.7 Å². The second kappa shape index (κ2) is 7.52. The molecule has 3 atom stereocenters. The summed E-state index contributed by atoms with van der Waals surface area (Å²) < 4.78 is 15.7. The number of halogens is 1. The van der Waals surface area contributed by atoms with Gasteiger partial charge in [-0.1, -0.05) is 31.4 Å². The summed E-state index contributed by atoms with van der Waals surface area (Å²) in [7, 11) is 0. The molecule has 1 heterocycles. The molecule has 136 valence electrons. The zero-order valence-corrected chi connectivity index (χ0v) is 15.1. The highest BCUT2D eigenvalue weighted by molar-refractivity contribution is 6.32. The third kappa shape index (κ3) is 4.00. The minimum absolute atomic E-state index is 0.0614. The van der Waals surface area contributed by atoms with Gasteiger partial charge in [0.1, 0.15) is 0 Å². The maximum Gasteiger partial charge on any atom is 0.339 e. The molecule has 0 aromatic heterocycles. The maximum atomic E-state index is 12.3. The monoisotopic (exact) mass is 367 g/mol. The van der Waals surface area contributed by atoms with Gasteiger partial charge in [-0.05, 0) is 37.8 Å². The Balaban J connectivity index is 1.60. The number of esters is 1. The minimum Gasteiger partial charge on any atom is -0.454 e. The molecule has 1 amide bonds. The largest absolute Gasteiger partial charge is 0.454 e. The first-order valence-electron chi connectivity index (χ1n) is 8.56. The van der Waals surface area contributed by atoms with E-state index in [1.807, 2.05) is 0 Å². The molecule has 1 aliphatic carbocycles. The number of rotatable bonds is 4. The molecule has 1 N–H and O–H groups in total. The molecule has 2 aliphatic rings. The standard InChI is InChI=1S/C18H22ClNO5/c1-10-5-3-4-6-14(10)20-17(21)11(2)25-18(22)12-7-13(19)16-15(8-12)23-9-24-16/h7-8,10-11,14H,3-6,9H2,1-2H3,(H,20,21)/t10-,11-,14-/m0/s1. The van der Waals surface area contributed by atoms with E-state index in [1.54, 1.807) is 6.92 Å². The van der Waals surface area contributed by atoms with Crippen molar-refractivity contribution in [3.8, 4) is 11.5 Å². The number of hydrogen-bond donors (Lipinski definition) is 1. The van der Waals surface area contributed by atoms with Crippen molar-refractivity contribution < 1.29 is 23.8 Å². The fourth-order valence-electron chi connectivity index (χ4n) is 3.20. The van der Waals surface area contributed by atoms with E-state index < -0.39 is 12.1 Å². The first-order valence-corrected chi connectivity index (χ1v) is 8.94. The van der Waals surface area contributed by atoms with Gasteiger partial charge in [-0.25, -0.2) is 4.79 Å². The smallest absolute Gasteiger partial charge is 0.339 e. The summed E-state index contributed by atoms with van der Waals surface area (Å²) in [6.45, 7) is 3.76. The molecule has 0 radical (unpaired) electrons. The van der Waals surface area contributed by atoms with Crippen LogP contribution in [0.25, 0.3) is 0 Å². The van der Waals surface area contributed by atoms with E-state index in [1.165, 1.54) is 18.6 Å². The Labute approximate surface area is 151 Å². The zero-order valence-electron chi connectivity index (χ0n) is 14.3. The van der Waals surface area contributed by atoms with Crippen molar-refractivity contribution in [1.82, 2.24) is 5.32 Å². The number of ether oxygens (including phenoxy) is 3. The van der Waals surface area contributed by atoms with Crippen LogP contribution in [0.4, 0.5) is 0 Å². The van der Waals surface area contributed by atoms with Crippen LogP contribution < -0.4 is 14.8 Å². The average molecular weight is 368 g/mol. The van der Waals surface area contributed by atoms with Gasteiger partial charge in [0, 0.05) is 6.04 Å². The molecule has 6 nitrogen and oxygen atoms in total. The molecule has 0 unspecified atom stereocenters. The van der Waals surface area contributed by atoms with Crippen molar-refractivity contribution in [2.75, 3.05) is 6.79 Å². The second-order valence-electron chi connectivity index (χ2n) is 6.62. The second-order valence-corrected chi connectivity index (χ2v) is 7.02. The summed E-state index contributed by atoms with van der Waals surface area (Å²) in [6.07, 6.45) is 3.49. The minimum atomic E-state index is -0.883. The molecule has 0 saturated heterocycles. The highest BCUT2D eigenvalue weighted by Gasteiger charge is 2.27. The summed E-state index contributed by atoms with van der Waals surface area (Å²) >= 11 is 6.07. The van der Waals surface area contributed by atoms with Crippen molar-refractivity contribution in [2.24, 2.45) is 5.92 Å². The Hall–Kier alpha value is -1.95. The van der Waals surface area contributed by atoms with Gasteiger partial charge in [-0.15, -0.1) is 0 Å². The van der Waals surface area contributed by atoms with E-state index in [0.717, 1.165) is 19.3 Å². The Kier molecular flexibility index (Phi) is 5.37. The van der Waals surface area contributed by atoms with Crippen LogP contribution >= 0.6 is 11.6 Å². The van der Waals surface area contributed by atoms with Gasteiger partial charge in [-0.3, -0.25) is 4.79 Å². The Morgan fingerprint density at radius 2 is 2.04 bits per heavy atom. The van der Waals surface area contributed by atoms with Crippen LogP contribution in [0, 0.1) is 5.92 Å². The van der Waals surface area contributed by atoms with E-state index >= 15 is 0 Å². The van der Waals surface area contributed by atoms with Crippen LogP contribution in [-0.2, 0) is 9.53 Å². The molecule has 1 aromatic rings. The molecule has 0 bridgehead atoms. The van der Waals surface area contributed by atoms with Gasteiger partial charge in [0.25, 0.3) is 5.91 Å². The lowest BCUT2D eigenvalue weighted by Crippen LogP contribution is -2.45. The van der Waals surface area contributed by atoms with E-state index in [9.17, 15) is 9.59 Å². The molecule has 3 rings (SSSR count). The first-order chi connectivity index (χ1) is 12.0. The molecule has 7 heteroatoms. The summed E-state index contributed by atoms with van der Waals surface area (Å²) in [5, 5.41) is 3.26. The van der Waals surface area contributed by atoms with Crippen LogP contribution in [-0.4, -0.2) is 30.8 Å². The molecular formula is C18H22ClNO5. The van der Waals surface area contributed by atoms with E-state index in [2.05, 4.69) is 12.2 Å². The number of hydrogen-bond acceptors (Lipinski definition) is 5. The maximum absolute atomic E-state index is 12.3. The predicted octanol–water partition coefficient (Wildman–Crippen LogP) is 3.31. The predicted molar refractivity (Wildman–Crippen MR) is 92.0 cm³/mol. The molecule has 25 heavy (non-hydrogen) atoms. The van der Waals surface area contributed by atoms with E-state index in [4.69, 9.17) is 25.8 Å². The van der Waals surface area contributed by atoms with Gasteiger partial charge in [0.2, 0.25) is 6.79 Å². The topological polar surface area (TPSA) is 73.9 Å².